The van der Waals surface area contributed by atoms with Gasteiger partial charge in [-0.3, -0.25) is 9.36 Å². The molecular formula is C22H26ClN7O2S. The summed E-state index contributed by atoms with van der Waals surface area (Å²) in [6.07, 6.45) is 1.88. The van der Waals surface area contributed by atoms with Crippen molar-refractivity contribution < 1.29 is 9.53 Å². The van der Waals surface area contributed by atoms with Crippen molar-refractivity contribution in [3.8, 4) is 10.6 Å². The number of halogens is 1. The van der Waals surface area contributed by atoms with E-state index in [1.165, 1.54) is 0 Å². The number of fused-ring (bicyclic) bond motifs is 1. The molecule has 1 amide bonds. The maximum absolute atomic E-state index is 13.4. The minimum Gasteiger partial charge on any atom is -0.341 e. The van der Waals surface area contributed by atoms with Crippen molar-refractivity contribution in [2.75, 3.05) is 63.5 Å². The largest absolute Gasteiger partial charge is 0.341 e. The third-order valence-corrected chi connectivity index (χ3v) is 7.05. The van der Waals surface area contributed by atoms with E-state index >= 15 is 0 Å². The molecule has 2 aliphatic heterocycles. The van der Waals surface area contributed by atoms with Gasteiger partial charge in [0, 0.05) is 61.9 Å². The second kappa shape index (κ2) is 9.30. The summed E-state index contributed by atoms with van der Waals surface area (Å²) < 4.78 is 7.68. The number of hydrogen-bond donors (Lipinski definition) is 1. The fraction of sp³-hybridized carbons (Fsp3) is 0.409. The first-order chi connectivity index (χ1) is 16.0. The van der Waals surface area contributed by atoms with Gasteiger partial charge in [0.05, 0.1) is 6.54 Å². The van der Waals surface area contributed by atoms with E-state index in [2.05, 4.69) is 15.2 Å². The first kappa shape index (κ1) is 22.1. The van der Waals surface area contributed by atoms with Gasteiger partial charge in [0.1, 0.15) is 18.5 Å². The third kappa shape index (κ3) is 4.43. The predicted octanol–water partition coefficient (Wildman–Crippen LogP) is 2.57. The Morgan fingerprint density at radius 3 is 2.61 bits per heavy atom. The van der Waals surface area contributed by atoms with Gasteiger partial charge in [-0.05, 0) is 12.1 Å². The highest BCUT2D eigenvalue weighted by Gasteiger charge is 2.32. The van der Waals surface area contributed by atoms with Crippen LogP contribution in [0.25, 0.3) is 10.6 Å². The number of carbonyl (C=O) groups is 1. The lowest BCUT2D eigenvalue weighted by atomic mass is 10.2. The normalized spacial score (nSPS) is 17.2. The fourth-order valence-electron chi connectivity index (χ4n) is 4.04. The zero-order chi connectivity index (χ0) is 22.9. The van der Waals surface area contributed by atoms with Crippen LogP contribution in [0.2, 0.25) is 5.02 Å². The van der Waals surface area contributed by atoms with E-state index in [1.807, 2.05) is 47.0 Å². The van der Waals surface area contributed by atoms with Crippen LogP contribution in [0.3, 0.4) is 0 Å². The highest BCUT2D eigenvalue weighted by molar-refractivity contribution is 7.15. The average molecular weight is 488 g/mol. The van der Waals surface area contributed by atoms with Crippen LogP contribution in [-0.2, 0) is 11.3 Å². The van der Waals surface area contributed by atoms with Crippen LogP contribution >= 0.6 is 22.9 Å². The van der Waals surface area contributed by atoms with E-state index in [0.717, 1.165) is 47.6 Å². The number of anilines is 2. The number of thiazole rings is 1. The van der Waals surface area contributed by atoms with Crippen LogP contribution in [0.15, 0.2) is 30.5 Å². The van der Waals surface area contributed by atoms with Gasteiger partial charge in [0.15, 0.2) is 11.5 Å². The van der Waals surface area contributed by atoms with Crippen LogP contribution in [-0.4, -0.2) is 79.1 Å². The smallest absolute Gasteiger partial charge is 0.276 e. The summed E-state index contributed by atoms with van der Waals surface area (Å²) in [6.45, 7) is 4.54. The van der Waals surface area contributed by atoms with Gasteiger partial charge < -0.3 is 24.8 Å². The van der Waals surface area contributed by atoms with Crippen molar-refractivity contribution in [1.29, 1.82) is 0 Å². The zero-order valence-electron chi connectivity index (χ0n) is 18.6. The molecule has 1 saturated heterocycles. The van der Waals surface area contributed by atoms with E-state index < -0.39 is 0 Å². The molecule has 4 heterocycles. The van der Waals surface area contributed by atoms with E-state index in [4.69, 9.17) is 21.3 Å². The molecule has 1 aromatic carbocycles. The molecule has 11 heteroatoms. The Morgan fingerprint density at radius 1 is 1.12 bits per heavy atom. The van der Waals surface area contributed by atoms with E-state index in [0.29, 0.717) is 29.8 Å². The Balaban J connectivity index is 1.56. The summed E-state index contributed by atoms with van der Waals surface area (Å²) in [5.74, 6) is 1.34. The van der Waals surface area contributed by atoms with Crippen molar-refractivity contribution in [2.24, 2.45) is 0 Å². The fourth-order valence-corrected chi connectivity index (χ4v) is 5.07. The van der Waals surface area contributed by atoms with Crippen LogP contribution in [0.1, 0.15) is 15.4 Å². The van der Waals surface area contributed by atoms with Gasteiger partial charge in [0.25, 0.3) is 5.91 Å². The number of benzene rings is 1. The molecule has 3 aromatic rings. The quantitative estimate of drug-likeness (QED) is 0.606. The molecule has 0 saturated carbocycles. The molecule has 0 radical (unpaired) electrons. The molecule has 2 aromatic heterocycles. The van der Waals surface area contributed by atoms with Gasteiger partial charge in [0.2, 0.25) is 5.95 Å². The molecular weight excluding hydrogens is 462 g/mol. The average Bonchev–Trinajstić information content (AvgIpc) is 3.44. The second-order valence-corrected chi connectivity index (χ2v) is 9.76. The number of nitrogens with one attached hydrogen (secondary N) is 1. The Bertz CT molecular complexity index is 1140. The Kier molecular flexibility index (Phi) is 6.24. The SMILES string of the molecule is CN1COCN(C)c2nc(N3CCNCC3)n(Cc3cnc(-c4ccc(Cl)cc4)s3)c2C1=O. The number of aromatic nitrogens is 3. The van der Waals surface area contributed by atoms with Crippen molar-refractivity contribution in [1.82, 2.24) is 24.8 Å². The van der Waals surface area contributed by atoms with Crippen molar-refractivity contribution in [3.05, 3.63) is 46.1 Å². The highest BCUT2D eigenvalue weighted by atomic mass is 35.5. The molecule has 1 fully saturated rings. The molecule has 1 N–H and O–H groups in total. The maximum Gasteiger partial charge on any atom is 0.276 e. The number of rotatable bonds is 4. The summed E-state index contributed by atoms with van der Waals surface area (Å²) in [5.41, 5.74) is 1.60. The standard InChI is InChI=1S/C22H26ClN7O2S/c1-27-13-32-14-28(2)21(31)18-19(27)26-22(29-9-7-24-8-10-29)30(18)12-17-11-25-20(33-17)15-3-5-16(23)6-4-15/h3-6,11,24H,7-10,12-14H2,1-2H3. The molecule has 5 rings (SSSR count). The molecule has 33 heavy (non-hydrogen) atoms. The van der Waals surface area contributed by atoms with E-state index in [-0.39, 0.29) is 12.6 Å². The molecule has 0 bridgehead atoms. The molecule has 9 nitrogen and oxygen atoms in total. The van der Waals surface area contributed by atoms with Crippen LogP contribution in [0.4, 0.5) is 11.8 Å². The summed E-state index contributed by atoms with van der Waals surface area (Å²) in [6, 6.07) is 7.67. The van der Waals surface area contributed by atoms with Gasteiger partial charge in [-0.15, -0.1) is 11.3 Å². The first-order valence-electron chi connectivity index (χ1n) is 10.8. The Hall–Kier alpha value is -2.66. The van der Waals surface area contributed by atoms with Crippen LogP contribution < -0.4 is 15.1 Å². The monoisotopic (exact) mass is 487 g/mol. The minimum absolute atomic E-state index is 0.104. The number of piperazine rings is 1. The number of hydrogen-bond acceptors (Lipinski definition) is 8. The second-order valence-electron chi connectivity index (χ2n) is 8.21. The van der Waals surface area contributed by atoms with E-state index in [1.54, 1.807) is 23.3 Å². The Labute approximate surface area is 201 Å². The summed E-state index contributed by atoms with van der Waals surface area (Å²) in [7, 11) is 3.66. The topological polar surface area (TPSA) is 78.8 Å². The van der Waals surface area contributed by atoms with Crippen molar-refractivity contribution in [2.45, 2.75) is 6.54 Å². The Morgan fingerprint density at radius 2 is 1.85 bits per heavy atom. The minimum atomic E-state index is -0.104. The lowest BCUT2D eigenvalue weighted by Gasteiger charge is -2.29. The predicted molar refractivity (Wildman–Crippen MR) is 130 cm³/mol. The molecule has 0 unspecified atom stereocenters. The number of imidazole rings is 1. The molecule has 0 atom stereocenters. The van der Waals surface area contributed by atoms with Gasteiger partial charge >= 0.3 is 0 Å². The van der Waals surface area contributed by atoms with Crippen molar-refractivity contribution in [3.63, 3.8) is 0 Å². The van der Waals surface area contributed by atoms with E-state index in [9.17, 15) is 4.79 Å². The number of amides is 1. The lowest BCUT2D eigenvalue weighted by Crippen LogP contribution is -2.44. The van der Waals surface area contributed by atoms with Gasteiger partial charge in [-0.25, -0.2) is 4.98 Å². The summed E-state index contributed by atoms with van der Waals surface area (Å²) in [5, 5.41) is 5.00. The number of nitrogens with zero attached hydrogens (tertiary/aromatic N) is 6. The maximum atomic E-state index is 13.4. The van der Waals surface area contributed by atoms with Gasteiger partial charge in [-0.2, -0.15) is 4.98 Å². The molecule has 174 valence electrons. The highest BCUT2D eigenvalue weighted by Crippen LogP contribution is 2.32. The lowest BCUT2D eigenvalue weighted by molar-refractivity contribution is 0.0312. The van der Waals surface area contributed by atoms with Gasteiger partial charge in [-0.1, -0.05) is 23.7 Å². The van der Waals surface area contributed by atoms with Crippen molar-refractivity contribution >= 4 is 40.6 Å². The third-order valence-electron chi connectivity index (χ3n) is 5.77. The van der Waals surface area contributed by atoms with Crippen LogP contribution in [0, 0.1) is 0 Å². The molecule has 2 aliphatic rings. The molecule has 0 aliphatic carbocycles. The molecule has 0 spiro atoms. The van der Waals surface area contributed by atoms with Crippen LogP contribution in [0.5, 0.6) is 0 Å². The summed E-state index contributed by atoms with van der Waals surface area (Å²) >= 11 is 7.65. The first-order valence-corrected chi connectivity index (χ1v) is 12.0. The zero-order valence-corrected chi connectivity index (χ0v) is 20.2. The number of carbonyl (C=O) groups excluding carboxylic acids is 1. The number of ether oxygens (including phenoxy) is 1. The summed E-state index contributed by atoms with van der Waals surface area (Å²) in [4.78, 5) is 29.8.